The van der Waals surface area contributed by atoms with E-state index >= 15 is 0 Å². The molecule has 77 valence electrons. The first kappa shape index (κ1) is 11.3. The van der Waals surface area contributed by atoms with Crippen LogP contribution in [-0.2, 0) is 4.79 Å². The number of hydrogen-bond donors (Lipinski definition) is 0. The molecule has 1 heteroatoms. The summed E-state index contributed by atoms with van der Waals surface area (Å²) >= 11 is 0. The molecule has 1 rings (SSSR count). The van der Waals surface area contributed by atoms with E-state index in [0.717, 1.165) is 12.8 Å². The zero-order valence-corrected chi connectivity index (χ0v) is 9.23. The summed E-state index contributed by atoms with van der Waals surface area (Å²) in [5, 5.41) is 0. The van der Waals surface area contributed by atoms with Crippen LogP contribution in [0.2, 0.25) is 0 Å². The van der Waals surface area contributed by atoms with Gasteiger partial charge in [-0.05, 0) is 52.4 Å². The molecule has 14 heavy (non-hydrogen) atoms. The predicted molar refractivity (Wildman–Crippen MR) is 59.6 cm³/mol. The Labute approximate surface area is 86.9 Å². The van der Waals surface area contributed by atoms with Crippen LogP contribution in [0.25, 0.3) is 0 Å². The van der Waals surface area contributed by atoms with Gasteiger partial charge < -0.3 is 0 Å². The smallest absolute Gasteiger partial charge is 0.120 e. The van der Waals surface area contributed by atoms with Gasteiger partial charge in [-0.15, -0.1) is 0 Å². The van der Waals surface area contributed by atoms with Crippen molar-refractivity contribution in [1.29, 1.82) is 0 Å². The molecule has 0 amide bonds. The van der Waals surface area contributed by atoms with E-state index in [9.17, 15) is 4.79 Å². The summed E-state index contributed by atoms with van der Waals surface area (Å²) in [5.74, 6) is 3.18. The third-order valence-electron chi connectivity index (χ3n) is 2.92. The first-order chi connectivity index (χ1) is 6.74. The van der Waals surface area contributed by atoms with Crippen LogP contribution in [0.3, 0.4) is 0 Å². The van der Waals surface area contributed by atoms with E-state index in [1.807, 2.05) is 5.94 Å². The van der Waals surface area contributed by atoms with Crippen molar-refractivity contribution in [1.82, 2.24) is 0 Å². The van der Waals surface area contributed by atoms with Crippen LogP contribution in [0.4, 0.5) is 0 Å². The third kappa shape index (κ3) is 3.51. The van der Waals surface area contributed by atoms with Crippen LogP contribution in [-0.4, -0.2) is 5.94 Å². The van der Waals surface area contributed by atoms with Gasteiger partial charge in [-0.3, -0.25) is 0 Å². The van der Waals surface area contributed by atoms with Crippen molar-refractivity contribution in [3.05, 3.63) is 23.1 Å². The molecule has 1 aliphatic rings. The number of rotatable bonds is 1. The normalized spacial score (nSPS) is 19.4. The topological polar surface area (TPSA) is 17.1 Å². The van der Waals surface area contributed by atoms with Crippen molar-refractivity contribution in [2.45, 2.75) is 52.4 Å². The maximum Gasteiger partial charge on any atom is 0.120 e. The van der Waals surface area contributed by atoms with Gasteiger partial charge in [0.1, 0.15) is 5.94 Å². The lowest BCUT2D eigenvalue weighted by atomic mass is 9.87. The molecule has 0 unspecified atom stereocenters. The van der Waals surface area contributed by atoms with E-state index in [1.165, 1.54) is 37.2 Å². The third-order valence-corrected chi connectivity index (χ3v) is 2.92. The zero-order chi connectivity index (χ0) is 10.4. The Morgan fingerprint density at radius 1 is 1.14 bits per heavy atom. The molecule has 0 bridgehead atoms. The molecule has 0 aliphatic heterocycles. The number of hydrogen-bond acceptors (Lipinski definition) is 1. The molecule has 1 aliphatic carbocycles. The predicted octanol–water partition coefficient (Wildman–Crippen LogP) is 3.64. The second kappa shape index (κ2) is 5.82. The summed E-state index contributed by atoms with van der Waals surface area (Å²) in [6.45, 7) is 4.40. The van der Waals surface area contributed by atoms with Gasteiger partial charge in [0.05, 0.1) is 0 Å². The van der Waals surface area contributed by atoms with Crippen molar-refractivity contribution < 1.29 is 4.79 Å². The summed E-state index contributed by atoms with van der Waals surface area (Å²) in [7, 11) is 0. The zero-order valence-electron chi connectivity index (χ0n) is 9.23. The highest BCUT2D eigenvalue weighted by Crippen LogP contribution is 2.28. The Morgan fingerprint density at radius 2 is 1.71 bits per heavy atom. The fraction of sp³-hybridized carbons (Fsp3) is 0.615. The van der Waals surface area contributed by atoms with Gasteiger partial charge in [0.2, 0.25) is 0 Å². The van der Waals surface area contributed by atoms with Crippen molar-refractivity contribution in [2.75, 3.05) is 0 Å². The fourth-order valence-corrected chi connectivity index (χ4v) is 2.04. The molecule has 1 nitrogen and oxygen atoms in total. The van der Waals surface area contributed by atoms with Gasteiger partial charge in [-0.2, -0.15) is 0 Å². The van der Waals surface area contributed by atoms with Gasteiger partial charge in [0, 0.05) is 12.0 Å². The molecule has 0 atom stereocenters. The molecular formula is C13H19O. The van der Waals surface area contributed by atoms with Crippen LogP contribution < -0.4 is 0 Å². The Hall–Kier alpha value is -0.810. The van der Waals surface area contributed by atoms with Crippen molar-refractivity contribution in [2.24, 2.45) is 0 Å². The highest BCUT2D eigenvalue weighted by atomic mass is 16.1. The molecule has 1 fully saturated rings. The molecule has 0 spiro atoms. The van der Waals surface area contributed by atoms with E-state index in [1.54, 1.807) is 11.6 Å². The Balaban J connectivity index is 2.51. The average molecular weight is 191 g/mol. The summed E-state index contributed by atoms with van der Waals surface area (Å²) in [5.41, 5.74) is 3.11. The summed E-state index contributed by atoms with van der Waals surface area (Å²) in [4.78, 5) is 10.2. The summed E-state index contributed by atoms with van der Waals surface area (Å²) in [6.07, 6.45) is 8.57. The molecule has 0 N–H and O–H groups in total. The van der Waals surface area contributed by atoms with E-state index in [-0.39, 0.29) is 0 Å². The average Bonchev–Trinajstić information content (AvgIpc) is 2.08. The van der Waals surface area contributed by atoms with Crippen LogP contribution >= 0.6 is 0 Å². The standard InChI is InChI=1S/C13H19O/c1-11(2)13-7-3-5-12(9-10-14)6-4-8-13/h9H,3-8H2,1-2H3. The van der Waals surface area contributed by atoms with E-state index in [4.69, 9.17) is 0 Å². The minimum Gasteiger partial charge on any atom is -0.234 e. The van der Waals surface area contributed by atoms with Crippen LogP contribution in [0, 0.1) is 5.92 Å². The maximum atomic E-state index is 10.2. The molecule has 0 aromatic rings. The highest BCUT2D eigenvalue weighted by Gasteiger charge is 2.11. The van der Waals surface area contributed by atoms with Crippen LogP contribution in [0.5, 0.6) is 0 Å². The largest absolute Gasteiger partial charge is 0.234 e. The van der Waals surface area contributed by atoms with Crippen LogP contribution in [0.1, 0.15) is 52.4 Å². The highest BCUT2D eigenvalue weighted by molar-refractivity contribution is 5.50. The SMILES string of the molecule is CC(C)=C1CCC[C](C=C=O)CCC1. The van der Waals surface area contributed by atoms with Crippen LogP contribution in [0.15, 0.2) is 17.2 Å². The molecule has 0 saturated heterocycles. The Kier molecular flexibility index (Phi) is 4.69. The van der Waals surface area contributed by atoms with E-state index < -0.39 is 0 Å². The van der Waals surface area contributed by atoms with Crippen molar-refractivity contribution in [3.63, 3.8) is 0 Å². The summed E-state index contributed by atoms with van der Waals surface area (Å²) in [6, 6.07) is 0. The van der Waals surface area contributed by atoms with Crippen molar-refractivity contribution in [3.8, 4) is 0 Å². The second-order valence-corrected chi connectivity index (χ2v) is 4.23. The molecule has 0 aromatic carbocycles. The van der Waals surface area contributed by atoms with Gasteiger partial charge in [-0.25, -0.2) is 4.79 Å². The molecule has 1 saturated carbocycles. The van der Waals surface area contributed by atoms with E-state index in [2.05, 4.69) is 13.8 Å². The van der Waals surface area contributed by atoms with Gasteiger partial charge >= 0.3 is 0 Å². The lowest BCUT2D eigenvalue weighted by Gasteiger charge is -2.17. The Morgan fingerprint density at radius 3 is 2.14 bits per heavy atom. The van der Waals surface area contributed by atoms with Gasteiger partial charge in [0.15, 0.2) is 0 Å². The molecular weight excluding hydrogens is 172 g/mol. The second-order valence-electron chi connectivity index (χ2n) is 4.23. The minimum absolute atomic E-state index is 1.08. The lowest BCUT2D eigenvalue weighted by molar-refractivity contribution is 0.566. The fourth-order valence-electron chi connectivity index (χ4n) is 2.04. The monoisotopic (exact) mass is 191 g/mol. The molecule has 1 radical (unpaired) electrons. The minimum atomic E-state index is 1.08. The first-order valence-electron chi connectivity index (χ1n) is 5.45. The summed E-state index contributed by atoms with van der Waals surface area (Å²) < 4.78 is 0. The Bertz CT molecular complexity index is 240. The van der Waals surface area contributed by atoms with E-state index in [0.29, 0.717) is 0 Å². The first-order valence-corrected chi connectivity index (χ1v) is 5.45. The molecule has 0 heterocycles. The number of carbonyl (C=O) groups excluding carboxylic acids is 1. The maximum absolute atomic E-state index is 10.2. The number of allylic oxidation sites excluding steroid dienone is 3. The quantitative estimate of drug-likeness (QED) is 0.457. The lowest BCUT2D eigenvalue weighted by Crippen LogP contribution is -2.01. The van der Waals surface area contributed by atoms with Gasteiger partial charge in [-0.1, -0.05) is 11.1 Å². The van der Waals surface area contributed by atoms with Crippen molar-refractivity contribution >= 4 is 5.94 Å². The molecule has 0 aromatic heterocycles. The van der Waals surface area contributed by atoms with Gasteiger partial charge in [0.25, 0.3) is 0 Å².